The van der Waals surface area contributed by atoms with Crippen molar-refractivity contribution in [2.24, 2.45) is 0 Å². The van der Waals surface area contributed by atoms with Crippen molar-refractivity contribution >= 4 is 0 Å². The quantitative estimate of drug-likeness (QED) is 0.655. The van der Waals surface area contributed by atoms with Crippen LogP contribution in [0.4, 0.5) is 26.3 Å². The van der Waals surface area contributed by atoms with Gasteiger partial charge in [-0.1, -0.05) is 30.3 Å². The van der Waals surface area contributed by atoms with E-state index in [2.05, 4.69) is 0 Å². The highest BCUT2D eigenvalue weighted by atomic mass is 19.4. The zero-order chi connectivity index (χ0) is 16.4. The number of benzene rings is 2. The van der Waals surface area contributed by atoms with Crippen LogP contribution in [0.3, 0.4) is 0 Å². The van der Waals surface area contributed by atoms with Gasteiger partial charge in [-0.25, -0.2) is 0 Å². The molecule has 0 saturated heterocycles. The zero-order valence-electron chi connectivity index (χ0n) is 11.3. The van der Waals surface area contributed by atoms with Gasteiger partial charge in [0.1, 0.15) is 0 Å². The van der Waals surface area contributed by atoms with E-state index in [4.69, 9.17) is 0 Å². The molecular weight excluding hydrogens is 306 g/mol. The van der Waals surface area contributed by atoms with Crippen LogP contribution in [0.5, 0.6) is 0 Å². The van der Waals surface area contributed by atoms with Crippen LogP contribution in [0.2, 0.25) is 0 Å². The Morgan fingerprint density at radius 3 is 1.68 bits per heavy atom. The first-order chi connectivity index (χ1) is 10.2. The standard InChI is InChI=1S/C16H12F6/c17-15(18,19)13-8-6-11(7-9-13)4-5-12-2-1-3-14(10-12)16(20,21)22/h1-3,6-10H,4-5H2. The van der Waals surface area contributed by atoms with Gasteiger partial charge < -0.3 is 0 Å². The molecule has 0 spiro atoms. The summed E-state index contributed by atoms with van der Waals surface area (Å²) in [6, 6.07) is 9.58. The lowest BCUT2D eigenvalue weighted by atomic mass is 10.0. The molecule has 0 aliphatic carbocycles. The molecular formula is C16H12F6. The molecule has 0 N–H and O–H groups in total. The summed E-state index contributed by atoms with van der Waals surface area (Å²) < 4.78 is 75.0. The maximum absolute atomic E-state index is 12.6. The van der Waals surface area contributed by atoms with E-state index in [1.807, 2.05) is 0 Å². The predicted octanol–water partition coefficient (Wildman–Crippen LogP) is 5.51. The molecule has 0 bridgehead atoms. The van der Waals surface area contributed by atoms with Gasteiger partial charge in [0.2, 0.25) is 0 Å². The first-order valence-corrected chi connectivity index (χ1v) is 6.48. The molecule has 2 aromatic carbocycles. The van der Waals surface area contributed by atoms with E-state index in [-0.39, 0.29) is 0 Å². The Labute approximate surface area is 123 Å². The van der Waals surface area contributed by atoms with Crippen LogP contribution in [-0.2, 0) is 25.2 Å². The summed E-state index contributed by atoms with van der Waals surface area (Å²) in [7, 11) is 0. The van der Waals surface area contributed by atoms with Crippen molar-refractivity contribution < 1.29 is 26.3 Å². The van der Waals surface area contributed by atoms with Crippen LogP contribution >= 0.6 is 0 Å². The Balaban J connectivity index is 2.04. The summed E-state index contributed by atoms with van der Waals surface area (Å²) >= 11 is 0. The van der Waals surface area contributed by atoms with Gasteiger partial charge in [-0.2, -0.15) is 26.3 Å². The smallest absolute Gasteiger partial charge is 0.166 e. The molecule has 0 aliphatic heterocycles. The van der Waals surface area contributed by atoms with Gasteiger partial charge >= 0.3 is 12.4 Å². The molecule has 0 radical (unpaired) electrons. The van der Waals surface area contributed by atoms with Crippen molar-refractivity contribution in [3.63, 3.8) is 0 Å². The Kier molecular flexibility index (Phi) is 4.49. The molecule has 0 heterocycles. The number of alkyl halides is 6. The Morgan fingerprint density at radius 2 is 1.14 bits per heavy atom. The summed E-state index contributed by atoms with van der Waals surface area (Å²) in [5.74, 6) is 0. The second-order valence-corrected chi connectivity index (χ2v) is 4.89. The molecule has 118 valence electrons. The number of aryl methyl sites for hydroxylation is 2. The molecule has 0 saturated carbocycles. The van der Waals surface area contributed by atoms with Crippen LogP contribution < -0.4 is 0 Å². The molecule has 0 fully saturated rings. The average molecular weight is 318 g/mol. The lowest BCUT2D eigenvalue weighted by molar-refractivity contribution is -0.138. The van der Waals surface area contributed by atoms with Gasteiger partial charge in [0.15, 0.2) is 0 Å². The molecule has 2 rings (SSSR count). The van der Waals surface area contributed by atoms with Gasteiger partial charge in [0.05, 0.1) is 11.1 Å². The van der Waals surface area contributed by atoms with Gasteiger partial charge in [-0.3, -0.25) is 0 Å². The van der Waals surface area contributed by atoms with Crippen LogP contribution in [-0.4, -0.2) is 0 Å². The lowest BCUT2D eigenvalue weighted by Crippen LogP contribution is -2.06. The first kappa shape index (κ1) is 16.4. The van der Waals surface area contributed by atoms with Crippen LogP contribution in [0.25, 0.3) is 0 Å². The van der Waals surface area contributed by atoms with Crippen LogP contribution in [0.1, 0.15) is 22.3 Å². The number of hydrogen-bond acceptors (Lipinski definition) is 0. The monoisotopic (exact) mass is 318 g/mol. The van der Waals surface area contributed by atoms with Crippen molar-refractivity contribution in [2.45, 2.75) is 25.2 Å². The third kappa shape index (κ3) is 4.26. The summed E-state index contributed by atoms with van der Waals surface area (Å²) in [5.41, 5.74) is -0.326. The molecule has 0 nitrogen and oxygen atoms in total. The molecule has 6 heteroatoms. The second kappa shape index (κ2) is 6.02. The third-order valence-electron chi connectivity index (χ3n) is 3.24. The van der Waals surface area contributed by atoms with Gasteiger partial charge in [-0.15, -0.1) is 0 Å². The first-order valence-electron chi connectivity index (χ1n) is 6.48. The fraction of sp³-hybridized carbons (Fsp3) is 0.250. The summed E-state index contributed by atoms with van der Waals surface area (Å²) in [5, 5.41) is 0. The minimum Gasteiger partial charge on any atom is -0.166 e. The summed E-state index contributed by atoms with van der Waals surface area (Å²) in [6.45, 7) is 0. The molecule has 0 aliphatic rings. The maximum Gasteiger partial charge on any atom is 0.416 e. The van der Waals surface area contributed by atoms with E-state index < -0.39 is 23.5 Å². The van der Waals surface area contributed by atoms with E-state index >= 15 is 0 Å². The predicted molar refractivity (Wildman–Crippen MR) is 70.3 cm³/mol. The SMILES string of the molecule is FC(F)(F)c1ccc(CCc2cccc(C(F)(F)F)c2)cc1. The topological polar surface area (TPSA) is 0 Å². The Morgan fingerprint density at radius 1 is 0.591 bits per heavy atom. The summed E-state index contributed by atoms with van der Waals surface area (Å²) in [4.78, 5) is 0. The van der Waals surface area contributed by atoms with Crippen molar-refractivity contribution in [3.05, 3.63) is 70.8 Å². The highest BCUT2D eigenvalue weighted by molar-refractivity contribution is 5.28. The van der Waals surface area contributed by atoms with E-state index in [0.717, 1.165) is 24.3 Å². The average Bonchev–Trinajstić information content (AvgIpc) is 2.44. The largest absolute Gasteiger partial charge is 0.416 e. The van der Waals surface area contributed by atoms with E-state index in [9.17, 15) is 26.3 Å². The minimum absolute atomic E-state index is 0.329. The molecule has 0 amide bonds. The number of halogens is 6. The van der Waals surface area contributed by atoms with Crippen molar-refractivity contribution in [1.82, 2.24) is 0 Å². The number of hydrogen-bond donors (Lipinski definition) is 0. The van der Waals surface area contributed by atoms with E-state index in [1.165, 1.54) is 18.2 Å². The van der Waals surface area contributed by atoms with Crippen LogP contribution in [0.15, 0.2) is 48.5 Å². The lowest BCUT2D eigenvalue weighted by Gasteiger charge is -2.09. The van der Waals surface area contributed by atoms with E-state index in [1.54, 1.807) is 6.07 Å². The molecule has 2 aromatic rings. The minimum atomic E-state index is -4.40. The molecule has 0 unspecified atom stereocenters. The van der Waals surface area contributed by atoms with Gasteiger partial charge in [0.25, 0.3) is 0 Å². The number of rotatable bonds is 3. The highest BCUT2D eigenvalue weighted by Crippen LogP contribution is 2.30. The van der Waals surface area contributed by atoms with Crippen molar-refractivity contribution in [3.8, 4) is 0 Å². The fourth-order valence-corrected chi connectivity index (χ4v) is 2.05. The molecule has 22 heavy (non-hydrogen) atoms. The summed E-state index contributed by atoms with van der Waals surface area (Å²) in [6.07, 6.45) is -8.08. The Hall–Kier alpha value is -1.98. The third-order valence-corrected chi connectivity index (χ3v) is 3.24. The molecule has 0 aromatic heterocycles. The van der Waals surface area contributed by atoms with E-state index in [0.29, 0.717) is 24.0 Å². The molecule has 0 atom stereocenters. The van der Waals surface area contributed by atoms with Gasteiger partial charge in [-0.05, 0) is 42.2 Å². The van der Waals surface area contributed by atoms with Crippen LogP contribution in [0, 0.1) is 0 Å². The van der Waals surface area contributed by atoms with Crippen molar-refractivity contribution in [2.75, 3.05) is 0 Å². The normalized spacial score (nSPS) is 12.5. The zero-order valence-corrected chi connectivity index (χ0v) is 11.3. The van der Waals surface area contributed by atoms with Crippen molar-refractivity contribution in [1.29, 1.82) is 0 Å². The second-order valence-electron chi connectivity index (χ2n) is 4.89. The maximum atomic E-state index is 12.6. The van der Waals surface area contributed by atoms with Gasteiger partial charge in [0, 0.05) is 0 Å². The Bertz CT molecular complexity index is 622. The fourth-order valence-electron chi connectivity index (χ4n) is 2.05. The highest BCUT2D eigenvalue weighted by Gasteiger charge is 2.30.